The van der Waals surface area contributed by atoms with Gasteiger partial charge in [-0.25, -0.2) is 0 Å². The summed E-state index contributed by atoms with van der Waals surface area (Å²) < 4.78 is 1.67. The van der Waals surface area contributed by atoms with Gasteiger partial charge in [-0.15, -0.1) is 0 Å². The standard InChI is InChI=1S/C14H21N3O/c1-17-10-12(9-16-17)13(18)14(11-15)7-5-3-2-4-6-8-14/h9-10,13,18H,2-8H2,1H3. The summed E-state index contributed by atoms with van der Waals surface area (Å²) in [7, 11) is 1.83. The van der Waals surface area contributed by atoms with Gasteiger partial charge in [-0.1, -0.05) is 32.1 Å². The molecule has 0 spiro atoms. The molecule has 1 heterocycles. The van der Waals surface area contributed by atoms with E-state index < -0.39 is 11.5 Å². The van der Waals surface area contributed by atoms with Crippen LogP contribution in [0.3, 0.4) is 0 Å². The number of rotatable bonds is 2. The van der Waals surface area contributed by atoms with E-state index in [0.29, 0.717) is 0 Å². The third-order valence-corrected chi connectivity index (χ3v) is 4.03. The largest absolute Gasteiger partial charge is 0.387 e. The zero-order valence-electron chi connectivity index (χ0n) is 11.0. The Kier molecular flexibility index (Phi) is 4.03. The molecule has 0 aromatic carbocycles. The Morgan fingerprint density at radius 2 is 1.94 bits per heavy atom. The molecule has 1 unspecified atom stereocenters. The molecule has 18 heavy (non-hydrogen) atoms. The third-order valence-electron chi connectivity index (χ3n) is 4.03. The molecule has 98 valence electrons. The minimum absolute atomic E-state index is 0.622. The zero-order valence-corrected chi connectivity index (χ0v) is 11.0. The number of aliphatic hydroxyl groups excluding tert-OH is 1. The fourth-order valence-electron chi connectivity index (χ4n) is 2.88. The summed E-state index contributed by atoms with van der Waals surface area (Å²) >= 11 is 0. The van der Waals surface area contributed by atoms with Gasteiger partial charge in [-0.05, 0) is 12.8 Å². The average Bonchev–Trinajstić information content (AvgIpc) is 2.76. The van der Waals surface area contributed by atoms with Crippen molar-refractivity contribution in [2.75, 3.05) is 0 Å². The topological polar surface area (TPSA) is 61.8 Å². The van der Waals surface area contributed by atoms with E-state index in [1.165, 1.54) is 19.3 Å². The summed E-state index contributed by atoms with van der Waals surface area (Å²) in [5.41, 5.74) is 0.142. The molecule has 0 amide bonds. The summed E-state index contributed by atoms with van der Waals surface area (Å²) in [6.07, 6.45) is 10.0. The number of nitrogens with zero attached hydrogens (tertiary/aromatic N) is 3. The van der Waals surface area contributed by atoms with Gasteiger partial charge in [0.25, 0.3) is 0 Å². The third kappa shape index (κ3) is 2.56. The number of aryl methyl sites for hydroxylation is 1. The molecule has 0 radical (unpaired) electrons. The number of nitriles is 1. The number of aromatic nitrogens is 2. The second-order valence-electron chi connectivity index (χ2n) is 5.39. The Bertz CT molecular complexity index is 424. The summed E-state index contributed by atoms with van der Waals surface area (Å²) in [4.78, 5) is 0. The maximum Gasteiger partial charge on any atom is 0.101 e. The van der Waals surface area contributed by atoms with Crippen LogP contribution in [0.4, 0.5) is 0 Å². The highest BCUT2D eigenvalue weighted by molar-refractivity contribution is 5.17. The van der Waals surface area contributed by atoms with E-state index >= 15 is 0 Å². The van der Waals surface area contributed by atoms with Crippen LogP contribution in [0, 0.1) is 16.7 Å². The molecular weight excluding hydrogens is 226 g/mol. The molecule has 4 heteroatoms. The van der Waals surface area contributed by atoms with Gasteiger partial charge in [-0.2, -0.15) is 10.4 Å². The summed E-state index contributed by atoms with van der Waals surface area (Å²) in [5.74, 6) is 0. The molecule has 1 aromatic rings. The van der Waals surface area contributed by atoms with E-state index in [0.717, 1.165) is 31.2 Å². The molecule has 0 bridgehead atoms. The van der Waals surface area contributed by atoms with Gasteiger partial charge in [0, 0.05) is 18.8 Å². The minimum Gasteiger partial charge on any atom is -0.387 e. The first-order valence-electron chi connectivity index (χ1n) is 6.76. The van der Waals surface area contributed by atoms with Crippen molar-refractivity contribution in [3.8, 4) is 6.07 Å². The van der Waals surface area contributed by atoms with Gasteiger partial charge in [0.1, 0.15) is 6.10 Å². The van der Waals surface area contributed by atoms with E-state index in [-0.39, 0.29) is 0 Å². The molecule has 1 fully saturated rings. The molecule has 1 saturated carbocycles. The van der Waals surface area contributed by atoms with Crippen molar-refractivity contribution < 1.29 is 5.11 Å². The molecule has 1 aliphatic rings. The maximum atomic E-state index is 10.6. The predicted molar refractivity (Wildman–Crippen MR) is 68.5 cm³/mol. The lowest BCUT2D eigenvalue weighted by molar-refractivity contribution is 0.0434. The number of aliphatic hydroxyl groups is 1. The van der Waals surface area contributed by atoms with E-state index in [2.05, 4.69) is 11.2 Å². The van der Waals surface area contributed by atoms with Crippen molar-refractivity contribution in [1.82, 2.24) is 9.78 Å². The first-order valence-corrected chi connectivity index (χ1v) is 6.76. The fraction of sp³-hybridized carbons (Fsp3) is 0.714. The van der Waals surface area contributed by atoms with Crippen LogP contribution in [0.1, 0.15) is 56.6 Å². The minimum atomic E-state index is -0.714. The molecule has 1 atom stereocenters. The van der Waals surface area contributed by atoms with Crippen LogP contribution in [-0.4, -0.2) is 14.9 Å². The molecule has 1 aromatic heterocycles. The van der Waals surface area contributed by atoms with Crippen LogP contribution >= 0.6 is 0 Å². The first-order chi connectivity index (χ1) is 8.68. The van der Waals surface area contributed by atoms with Crippen molar-refractivity contribution >= 4 is 0 Å². The quantitative estimate of drug-likeness (QED) is 0.874. The second kappa shape index (κ2) is 5.53. The van der Waals surface area contributed by atoms with Crippen molar-refractivity contribution in [3.63, 3.8) is 0 Å². The number of hydrogen-bond donors (Lipinski definition) is 1. The molecule has 0 saturated heterocycles. The molecule has 2 rings (SSSR count). The van der Waals surface area contributed by atoms with Crippen molar-refractivity contribution in [2.24, 2.45) is 12.5 Å². The van der Waals surface area contributed by atoms with Gasteiger partial charge in [0.05, 0.1) is 17.7 Å². The van der Waals surface area contributed by atoms with Gasteiger partial charge in [0.15, 0.2) is 0 Å². The van der Waals surface area contributed by atoms with Crippen LogP contribution in [0.25, 0.3) is 0 Å². The van der Waals surface area contributed by atoms with Gasteiger partial charge in [0.2, 0.25) is 0 Å². The van der Waals surface area contributed by atoms with Gasteiger partial charge >= 0.3 is 0 Å². The van der Waals surface area contributed by atoms with Crippen LogP contribution < -0.4 is 0 Å². The fourth-order valence-corrected chi connectivity index (χ4v) is 2.88. The van der Waals surface area contributed by atoms with E-state index in [4.69, 9.17) is 0 Å². The van der Waals surface area contributed by atoms with Gasteiger partial charge < -0.3 is 5.11 Å². The lowest BCUT2D eigenvalue weighted by atomic mass is 9.72. The van der Waals surface area contributed by atoms with Crippen LogP contribution in [0.5, 0.6) is 0 Å². The first kappa shape index (κ1) is 13.1. The van der Waals surface area contributed by atoms with Crippen LogP contribution in [0.15, 0.2) is 12.4 Å². The molecule has 4 nitrogen and oxygen atoms in total. The Morgan fingerprint density at radius 1 is 1.33 bits per heavy atom. The van der Waals surface area contributed by atoms with Crippen molar-refractivity contribution in [2.45, 2.75) is 51.0 Å². The Hall–Kier alpha value is -1.34. The van der Waals surface area contributed by atoms with Gasteiger partial charge in [-0.3, -0.25) is 4.68 Å². The summed E-state index contributed by atoms with van der Waals surface area (Å²) in [6.45, 7) is 0. The molecule has 1 N–H and O–H groups in total. The lowest BCUT2D eigenvalue weighted by Gasteiger charge is -2.32. The monoisotopic (exact) mass is 247 g/mol. The predicted octanol–water partition coefficient (Wildman–Crippen LogP) is 2.71. The lowest BCUT2D eigenvalue weighted by Crippen LogP contribution is -2.28. The highest BCUT2D eigenvalue weighted by atomic mass is 16.3. The smallest absolute Gasteiger partial charge is 0.101 e. The molecule has 1 aliphatic carbocycles. The SMILES string of the molecule is Cn1cc(C(O)C2(C#N)CCCCCCC2)cn1. The van der Waals surface area contributed by atoms with E-state index in [1.807, 2.05) is 13.2 Å². The summed E-state index contributed by atoms with van der Waals surface area (Å²) in [6, 6.07) is 2.41. The highest BCUT2D eigenvalue weighted by Gasteiger charge is 2.39. The van der Waals surface area contributed by atoms with Crippen LogP contribution in [-0.2, 0) is 7.05 Å². The normalized spacial score (nSPS) is 21.6. The highest BCUT2D eigenvalue weighted by Crippen LogP contribution is 2.43. The van der Waals surface area contributed by atoms with E-state index in [1.54, 1.807) is 10.9 Å². The number of hydrogen-bond acceptors (Lipinski definition) is 3. The molecule has 0 aliphatic heterocycles. The Balaban J connectivity index is 2.21. The Morgan fingerprint density at radius 3 is 2.44 bits per heavy atom. The van der Waals surface area contributed by atoms with E-state index in [9.17, 15) is 10.4 Å². The van der Waals surface area contributed by atoms with Crippen LogP contribution in [0.2, 0.25) is 0 Å². The maximum absolute atomic E-state index is 10.6. The van der Waals surface area contributed by atoms with Crippen molar-refractivity contribution in [1.29, 1.82) is 5.26 Å². The van der Waals surface area contributed by atoms with Crippen molar-refractivity contribution in [3.05, 3.63) is 18.0 Å². The Labute approximate surface area is 108 Å². The zero-order chi connectivity index (χ0) is 13.0. The average molecular weight is 247 g/mol. The summed E-state index contributed by atoms with van der Waals surface area (Å²) in [5, 5.41) is 24.2. The second-order valence-corrected chi connectivity index (χ2v) is 5.39. The molecular formula is C14H21N3O.